The molecular formula is C15H12N3O5-. The van der Waals surface area contributed by atoms with E-state index in [4.69, 9.17) is 0 Å². The average molecular weight is 314 g/mol. The van der Waals surface area contributed by atoms with Gasteiger partial charge < -0.3 is 10.2 Å². The molecule has 2 rings (SSSR count). The molecule has 0 saturated heterocycles. The topological polar surface area (TPSA) is 128 Å². The number of nitrogens with one attached hydrogen (secondary N) is 1. The van der Waals surface area contributed by atoms with Crippen LogP contribution in [0.25, 0.3) is 0 Å². The Morgan fingerprint density at radius 1 is 1.26 bits per heavy atom. The minimum absolute atomic E-state index is 0.0475. The van der Waals surface area contributed by atoms with Crippen molar-refractivity contribution in [3.63, 3.8) is 0 Å². The summed E-state index contributed by atoms with van der Waals surface area (Å²) in [5.41, 5.74) is 2.16. The fraction of sp³-hybridized carbons (Fsp3) is 0.0667. The largest absolute Gasteiger partial charge is 0.872 e. The SMILES string of the molecule is O=C(N/N=C\c1cc([N+](=O)[O-])ccc1[O-])[C@@H](O)c1ccccc1. The Morgan fingerprint density at radius 3 is 2.61 bits per heavy atom. The van der Waals surface area contributed by atoms with E-state index in [0.717, 1.165) is 24.4 Å². The van der Waals surface area contributed by atoms with Crippen LogP contribution >= 0.6 is 0 Å². The molecule has 0 bridgehead atoms. The zero-order valence-corrected chi connectivity index (χ0v) is 11.7. The molecule has 0 heterocycles. The van der Waals surface area contributed by atoms with Crippen LogP contribution in [-0.4, -0.2) is 22.2 Å². The summed E-state index contributed by atoms with van der Waals surface area (Å²) >= 11 is 0. The Morgan fingerprint density at radius 2 is 1.96 bits per heavy atom. The first kappa shape index (κ1) is 16.1. The quantitative estimate of drug-likeness (QED) is 0.480. The highest BCUT2D eigenvalue weighted by Crippen LogP contribution is 2.19. The molecule has 0 aliphatic heterocycles. The lowest BCUT2D eigenvalue weighted by molar-refractivity contribution is -0.385. The van der Waals surface area contributed by atoms with Crippen molar-refractivity contribution in [1.82, 2.24) is 5.43 Å². The third-order valence-electron chi connectivity index (χ3n) is 2.95. The Kier molecular flexibility index (Phi) is 5.00. The van der Waals surface area contributed by atoms with Gasteiger partial charge in [0.1, 0.15) is 0 Å². The number of amides is 1. The van der Waals surface area contributed by atoms with E-state index >= 15 is 0 Å². The number of nitro groups is 1. The van der Waals surface area contributed by atoms with Gasteiger partial charge >= 0.3 is 0 Å². The third kappa shape index (κ3) is 4.11. The summed E-state index contributed by atoms with van der Waals surface area (Å²) in [7, 11) is 0. The zero-order valence-electron chi connectivity index (χ0n) is 11.7. The Bertz CT molecular complexity index is 746. The predicted octanol–water partition coefficient (Wildman–Crippen LogP) is 0.852. The van der Waals surface area contributed by atoms with Gasteiger partial charge in [0.2, 0.25) is 0 Å². The van der Waals surface area contributed by atoms with Crippen molar-refractivity contribution < 1.29 is 19.9 Å². The highest BCUT2D eigenvalue weighted by Gasteiger charge is 2.16. The molecular weight excluding hydrogens is 302 g/mol. The van der Waals surface area contributed by atoms with Gasteiger partial charge in [-0.05, 0) is 11.1 Å². The minimum atomic E-state index is -1.41. The maximum Gasteiger partial charge on any atom is 0.273 e. The average Bonchev–Trinajstić information content (AvgIpc) is 2.56. The van der Waals surface area contributed by atoms with Crippen LogP contribution in [0.4, 0.5) is 5.69 Å². The number of nitro benzene ring substituents is 1. The van der Waals surface area contributed by atoms with Crippen molar-refractivity contribution in [2.24, 2.45) is 5.10 Å². The van der Waals surface area contributed by atoms with E-state index in [2.05, 4.69) is 10.5 Å². The van der Waals surface area contributed by atoms with Gasteiger partial charge in [-0.15, -0.1) is 0 Å². The van der Waals surface area contributed by atoms with Gasteiger partial charge in [-0.25, -0.2) is 5.43 Å². The van der Waals surface area contributed by atoms with Crippen LogP contribution in [0.5, 0.6) is 5.75 Å². The maximum atomic E-state index is 11.7. The molecule has 0 aliphatic carbocycles. The highest BCUT2D eigenvalue weighted by molar-refractivity contribution is 5.87. The lowest BCUT2D eigenvalue weighted by Crippen LogP contribution is -2.25. The number of aliphatic hydroxyl groups excluding tert-OH is 1. The molecule has 1 amide bonds. The molecule has 118 valence electrons. The van der Waals surface area contributed by atoms with E-state index in [1.807, 2.05) is 0 Å². The molecule has 2 aromatic carbocycles. The number of non-ortho nitro benzene ring substituents is 1. The summed E-state index contributed by atoms with van der Waals surface area (Å²) in [6.45, 7) is 0. The van der Waals surface area contributed by atoms with Crippen molar-refractivity contribution in [3.8, 4) is 5.75 Å². The number of nitrogens with zero attached hydrogens (tertiary/aromatic N) is 2. The fourth-order valence-electron chi connectivity index (χ4n) is 1.76. The molecule has 0 spiro atoms. The summed E-state index contributed by atoms with van der Waals surface area (Å²) < 4.78 is 0. The van der Waals surface area contributed by atoms with Crippen molar-refractivity contribution in [3.05, 3.63) is 69.8 Å². The second kappa shape index (κ2) is 7.14. The Labute approximate surface area is 130 Å². The van der Waals surface area contributed by atoms with Crippen LogP contribution in [-0.2, 0) is 4.79 Å². The van der Waals surface area contributed by atoms with Crippen molar-refractivity contribution in [2.45, 2.75) is 6.10 Å². The van der Waals surface area contributed by atoms with Gasteiger partial charge in [0.25, 0.3) is 11.6 Å². The number of rotatable bonds is 5. The number of hydrazone groups is 1. The van der Waals surface area contributed by atoms with Gasteiger partial charge in [0.15, 0.2) is 6.10 Å². The smallest absolute Gasteiger partial charge is 0.273 e. The number of carbonyl (C=O) groups excluding carboxylic acids is 1. The van der Waals surface area contributed by atoms with Crippen LogP contribution in [0, 0.1) is 10.1 Å². The van der Waals surface area contributed by atoms with E-state index < -0.39 is 22.7 Å². The van der Waals surface area contributed by atoms with Crippen molar-refractivity contribution in [2.75, 3.05) is 0 Å². The molecule has 23 heavy (non-hydrogen) atoms. The van der Waals surface area contributed by atoms with Gasteiger partial charge in [-0.3, -0.25) is 14.9 Å². The lowest BCUT2D eigenvalue weighted by Gasteiger charge is -2.10. The first-order chi connectivity index (χ1) is 11.0. The molecule has 2 N–H and O–H groups in total. The van der Waals surface area contributed by atoms with E-state index in [1.165, 1.54) is 0 Å². The first-order valence-corrected chi connectivity index (χ1v) is 6.50. The fourth-order valence-corrected chi connectivity index (χ4v) is 1.76. The van der Waals surface area contributed by atoms with Gasteiger partial charge in [-0.2, -0.15) is 5.10 Å². The zero-order chi connectivity index (χ0) is 16.8. The number of hydrogen-bond acceptors (Lipinski definition) is 6. The van der Waals surface area contributed by atoms with Gasteiger partial charge in [0, 0.05) is 12.1 Å². The molecule has 0 aromatic heterocycles. The monoisotopic (exact) mass is 314 g/mol. The van der Waals surface area contributed by atoms with Crippen molar-refractivity contribution in [1.29, 1.82) is 0 Å². The first-order valence-electron chi connectivity index (χ1n) is 6.50. The maximum absolute atomic E-state index is 11.7. The highest BCUT2D eigenvalue weighted by atomic mass is 16.6. The predicted molar refractivity (Wildman–Crippen MR) is 79.7 cm³/mol. The summed E-state index contributed by atoms with van der Waals surface area (Å²) in [6.07, 6.45) is -0.421. The molecule has 0 aliphatic rings. The van der Waals surface area contributed by atoms with Crippen LogP contribution in [0.1, 0.15) is 17.2 Å². The molecule has 0 unspecified atom stereocenters. The number of benzene rings is 2. The Hall–Kier alpha value is -3.26. The summed E-state index contributed by atoms with van der Waals surface area (Å²) in [5.74, 6) is -1.26. The molecule has 0 fully saturated rings. The normalized spacial score (nSPS) is 12.0. The van der Waals surface area contributed by atoms with E-state index in [-0.39, 0.29) is 11.3 Å². The van der Waals surface area contributed by atoms with Crippen LogP contribution in [0.3, 0.4) is 0 Å². The lowest BCUT2D eigenvalue weighted by atomic mass is 10.1. The van der Waals surface area contributed by atoms with E-state index in [0.29, 0.717) is 5.56 Å². The standard InChI is InChI=1S/C15H13N3O5/c19-13-7-6-12(18(22)23)8-11(13)9-16-17-15(21)14(20)10-4-2-1-3-5-10/h1-9,14,19-20H,(H,17,21)/p-1/b16-9-/t14-/m0/s1. The third-order valence-corrected chi connectivity index (χ3v) is 2.95. The van der Waals surface area contributed by atoms with E-state index in [9.17, 15) is 25.1 Å². The molecule has 0 radical (unpaired) electrons. The van der Waals surface area contributed by atoms with Crippen LogP contribution in [0.2, 0.25) is 0 Å². The second-order valence-corrected chi connectivity index (χ2v) is 4.53. The van der Waals surface area contributed by atoms with Crippen LogP contribution in [0.15, 0.2) is 53.6 Å². The van der Waals surface area contributed by atoms with Gasteiger partial charge in [0.05, 0.1) is 11.1 Å². The molecule has 2 aromatic rings. The number of aliphatic hydroxyl groups is 1. The summed E-state index contributed by atoms with van der Waals surface area (Å²) in [4.78, 5) is 21.7. The Balaban J connectivity index is 2.05. The summed E-state index contributed by atoms with van der Waals surface area (Å²) in [6, 6.07) is 11.4. The second-order valence-electron chi connectivity index (χ2n) is 4.53. The molecule has 8 nitrogen and oxygen atoms in total. The molecule has 0 saturated carbocycles. The number of hydrogen-bond donors (Lipinski definition) is 2. The van der Waals surface area contributed by atoms with Gasteiger partial charge in [-0.1, -0.05) is 42.1 Å². The summed E-state index contributed by atoms with van der Waals surface area (Å²) in [5, 5.41) is 35.6. The van der Waals surface area contributed by atoms with Crippen LogP contribution < -0.4 is 10.5 Å². The minimum Gasteiger partial charge on any atom is -0.872 e. The molecule has 8 heteroatoms. The van der Waals surface area contributed by atoms with Crippen molar-refractivity contribution >= 4 is 17.8 Å². The molecule has 1 atom stereocenters. The number of carbonyl (C=O) groups is 1. The van der Waals surface area contributed by atoms with E-state index in [1.54, 1.807) is 30.3 Å².